The Kier molecular flexibility index (Phi) is 5.19. The van der Waals surface area contributed by atoms with Crippen molar-refractivity contribution in [3.05, 3.63) is 92.0 Å². The molecule has 0 bridgehead atoms. The number of rotatable bonds is 3. The minimum atomic E-state index is -4.95. The van der Waals surface area contributed by atoms with Crippen LogP contribution >= 0.6 is 0 Å². The first-order valence-electron chi connectivity index (χ1n) is 9.57. The summed E-state index contributed by atoms with van der Waals surface area (Å²) in [5, 5.41) is 2.25. The maximum Gasteiger partial charge on any atom is 0.419 e. The fraction of sp³-hybridized carbons (Fsp3) is 0.136. The van der Waals surface area contributed by atoms with Gasteiger partial charge in [-0.05, 0) is 37.3 Å². The van der Waals surface area contributed by atoms with Gasteiger partial charge in [-0.2, -0.15) is 13.2 Å². The highest BCUT2D eigenvalue weighted by molar-refractivity contribution is 6.11. The first kappa shape index (κ1) is 22.1. The van der Waals surface area contributed by atoms with Gasteiger partial charge < -0.3 is 14.9 Å². The predicted octanol–water partition coefficient (Wildman–Crippen LogP) is 3.74. The van der Waals surface area contributed by atoms with Crippen molar-refractivity contribution in [2.45, 2.75) is 13.1 Å². The fourth-order valence-corrected chi connectivity index (χ4v) is 3.49. The monoisotopic (exact) mass is 460 g/mol. The highest BCUT2D eigenvalue weighted by Gasteiger charge is 2.34. The van der Waals surface area contributed by atoms with Crippen LogP contribution in [0.3, 0.4) is 0 Å². The van der Waals surface area contributed by atoms with Crippen LogP contribution in [0.25, 0.3) is 16.7 Å². The molecule has 0 atom stereocenters. The number of benzene rings is 2. The molecule has 0 saturated carbocycles. The summed E-state index contributed by atoms with van der Waals surface area (Å²) in [5.74, 6) is -2.37. The Morgan fingerprint density at radius 1 is 1.06 bits per heavy atom. The van der Waals surface area contributed by atoms with Gasteiger partial charge in [0.25, 0.3) is 11.5 Å². The van der Waals surface area contributed by atoms with Crippen LogP contribution in [0.5, 0.6) is 0 Å². The average molecular weight is 460 g/mol. The lowest BCUT2D eigenvalue weighted by molar-refractivity contribution is -0.139. The van der Waals surface area contributed by atoms with E-state index in [4.69, 9.17) is 0 Å². The third-order valence-electron chi connectivity index (χ3n) is 5.09. The molecule has 0 aliphatic heterocycles. The van der Waals surface area contributed by atoms with Crippen LogP contribution in [-0.2, 0) is 13.2 Å². The maximum absolute atomic E-state index is 13.5. The standard InChI is InChI=1S/C22H16F4N4O3/c1-11-3-6-13(7-4-11)30-20(32)18-17(28-21(30)33)14(10-29(18)2)19(31)27-12-5-8-16(23)15(9-12)22(24,25)26/h3-10H,1-2H3,(H,27,31)(H,28,33). The number of aryl methyl sites for hydroxylation is 2. The molecule has 170 valence electrons. The molecular formula is C22H16F4N4O3. The van der Waals surface area contributed by atoms with E-state index < -0.39 is 34.7 Å². The SMILES string of the molecule is Cc1ccc(-n2c(=O)[nH]c3c(C(=O)Nc4ccc(F)c(C(F)(F)F)c4)cn(C)c3c2=O)cc1. The number of fused-ring (bicyclic) bond motifs is 1. The van der Waals surface area contributed by atoms with Crippen LogP contribution < -0.4 is 16.6 Å². The number of hydrogen-bond acceptors (Lipinski definition) is 3. The number of anilines is 1. The number of aromatic amines is 1. The van der Waals surface area contributed by atoms with E-state index in [1.54, 1.807) is 24.3 Å². The van der Waals surface area contributed by atoms with Crippen molar-refractivity contribution in [2.24, 2.45) is 7.05 Å². The Morgan fingerprint density at radius 3 is 2.36 bits per heavy atom. The normalized spacial score (nSPS) is 11.7. The molecule has 0 saturated heterocycles. The van der Waals surface area contributed by atoms with E-state index in [1.165, 1.54) is 17.8 Å². The van der Waals surface area contributed by atoms with Crippen LogP contribution in [0, 0.1) is 12.7 Å². The van der Waals surface area contributed by atoms with Crippen LogP contribution in [0.4, 0.5) is 23.2 Å². The van der Waals surface area contributed by atoms with Crippen LogP contribution in [0.1, 0.15) is 21.5 Å². The third-order valence-corrected chi connectivity index (χ3v) is 5.09. The molecule has 0 fully saturated rings. The number of hydrogen-bond donors (Lipinski definition) is 2. The van der Waals surface area contributed by atoms with Gasteiger partial charge in [-0.3, -0.25) is 9.59 Å². The second-order valence-electron chi connectivity index (χ2n) is 7.43. The predicted molar refractivity (Wildman–Crippen MR) is 113 cm³/mol. The van der Waals surface area contributed by atoms with E-state index >= 15 is 0 Å². The van der Waals surface area contributed by atoms with E-state index in [0.29, 0.717) is 17.8 Å². The van der Waals surface area contributed by atoms with Crippen molar-refractivity contribution >= 4 is 22.6 Å². The largest absolute Gasteiger partial charge is 0.419 e. The number of halogens is 4. The summed E-state index contributed by atoms with van der Waals surface area (Å²) in [7, 11) is 1.48. The molecule has 33 heavy (non-hydrogen) atoms. The van der Waals surface area contributed by atoms with Crippen molar-refractivity contribution < 1.29 is 22.4 Å². The second kappa shape index (κ2) is 7.76. The van der Waals surface area contributed by atoms with Crippen molar-refractivity contribution in [3.8, 4) is 5.69 Å². The van der Waals surface area contributed by atoms with Crippen molar-refractivity contribution in [2.75, 3.05) is 5.32 Å². The Morgan fingerprint density at radius 2 is 1.73 bits per heavy atom. The number of aromatic nitrogens is 3. The maximum atomic E-state index is 13.5. The summed E-state index contributed by atoms with van der Waals surface area (Å²) in [6.45, 7) is 1.85. The van der Waals surface area contributed by atoms with E-state index in [0.717, 1.165) is 16.2 Å². The fourth-order valence-electron chi connectivity index (χ4n) is 3.49. The summed E-state index contributed by atoms with van der Waals surface area (Å²) < 4.78 is 54.6. The van der Waals surface area contributed by atoms with E-state index in [-0.39, 0.29) is 22.3 Å². The Hall–Kier alpha value is -4.15. The summed E-state index contributed by atoms with van der Waals surface area (Å²) in [4.78, 5) is 41.0. The molecular weight excluding hydrogens is 444 g/mol. The molecule has 7 nitrogen and oxygen atoms in total. The lowest BCUT2D eigenvalue weighted by atomic mass is 10.1. The number of carbonyl (C=O) groups is 1. The second-order valence-corrected chi connectivity index (χ2v) is 7.43. The minimum absolute atomic E-state index is 0.00964. The van der Waals surface area contributed by atoms with Crippen LogP contribution in [0.2, 0.25) is 0 Å². The smallest absolute Gasteiger partial charge is 0.344 e. The molecule has 2 N–H and O–H groups in total. The number of nitrogens with zero attached hydrogens (tertiary/aromatic N) is 2. The zero-order chi connectivity index (χ0) is 24.1. The average Bonchev–Trinajstić information content (AvgIpc) is 3.06. The van der Waals surface area contributed by atoms with Gasteiger partial charge in [0.2, 0.25) is 0 Å². The van der Waals surface area contributed by atoms with Gasteiger partial charge in [0.1, 0.15) is 11.3 Å². The number of alkyl halides is 3. The zero-order valence-electron chi connectivity index (χ0n) is 17.2. The van der Waals surface area contributed by atoms with Gasteiger partial charge >= 0.3 is 11.9 Å². The first-order valence-corrected chi connectivity index (χ1v) is 9.57. The van der Waals surface area contributed by atoms with Crippen LogP contribution in [-0.4, -0.2) is 20.0 Å². The summed E-state index contributed by atoms with van der Waals surface area (Å²) in [6, 6.07) is 8.68. The lowest BCUT2D eigenvalue weighted by Gasteiger charge is -2.11. The van der Waals surface area contributed by atoms with E-state index in [9.17, 15) is 31.9 Å². The summed E-state index contributed by atoms with van der Waals surface area (Å²) in [6.07, 6.45) is -3.68. The molecule has 0 aliphatic carbocycles. The number of amides is 1. The Balaban J connectivity index is 1.79. The topological polar surface area (TPSA) is 88.9 Å². The van der Waals surface area contributed by atoms with Gasteiger partial charge in [0.05, 0.1) is 22.3 Å². The van der Waals surface area contributed by atoms with Crippen LogP contribution in [0.15, 0.2) is 58.3 Å². The Bertz CT molecular complexity index is 1510. The molecule has 1 amide bonds. The number of H-pyrrole nitrogens is 1. The van der Waals surface area contributed by atoms with Crippen molar-refractivity contribution in [1.82, 2.24) is 14.1 Å². The molecule has 2 heterocycles. The molecule has 0 radical (unpaired) electrons. The number of carbonyl (C=O) groups excluding carboxylic acids is 1. The lowest BCUT2D eigenvalue weighted by Crippen LogP contribution is -2.34. The quantitative estimate of drug-likeness (QED) is 0.457. The Labute approximate surface area is 182 Å². The van der Waals surface area contributed by atoms with E-state index in [2.05, 4.69) is 10.3 Å². The van der Waals surface area contributed by atoms with Crippen molar-refractivity contribution in [1.29, 1.82) is 0 Å². The first-order chi connectivity index (χ1) is 15.5. The van der Waals surface area contributed by atoms with Gasteiger partial charge in [0.15, 0.2) is 0 Å². The molecule has 2 aromatic heterocycles. The molecule has 2 aromatic carbocycles. The molecule has 0 spiro atoms. The van der Waals surface area contributed by atoms with E-state index in [1.807, 2.05) is 6.92 Å². The summed E-state index contributed by atoms with van der Waals surface area (Å²) >= 11 is 0. The number of nitrogens with one attached hydrogen (secondary N) is 2. The minimum Gasteiger partial charge on any atom is -0.344 e. The van der Waals surface area contributed by atoms with Gasteiger partial charge in [-0.1, -0.05) is 17.7 Å². The molecule has 4 rings (SSSR count). The van der Waals surface area contributed by atoms with Gasteiger partial charge in [-0.15, -0.1) is 0 Å². The highest BCUT2D eigenvalue weighted by Crippen LogP contribution is 2.33. The highest BCUT2D eigenvalue weighted by atomic mass is 19.4. The molecule has 11 heteroatoms. The summed E-state index contributed by atoms with van der Waals surface area (Å²) in [5.41, 5.74) is -2.27. The van der Waals surface area contributed by atoms with Gasteiger partial charge in [0, 0.05) is 18.9 Å². The van der Waals surface area contributed by atoms with Gasteiger partial charge in [-0.25, -0.2) is 13.8 Å². The molecule has 0 unspecified atom stereocenters. The third kappa shape index (κ3) is 3.93. The molecule has 0 aliphatic rings. The zero-order valence-corrected chi connectivity index (χ0v) is 17.2. The molecule has 4 aromatic rings. The van der Waals surface area contributed by atoms with Crippen molar-refractivity contribution in [3.63, 3.8) is 0 Å².